The molecule has 2 aromatic rings. The summed E-state index contributed by atoms with van der Waals surface area (Å²) in [6.45, 7) is 4.94. The number of β-amino-alcohol motifs (C(OH)–C–C–N with tert-alkyl or cyclic N) is 1. The zero-order chi connectivity index (χ0) is 28.0. The molecule has 212 valence electrons. The maximum absolute atomic E-state index is 13.8. The number of carbonyl (C=O) groups excluding carboxylic acids is 2. The van der Waals surface area contributed by atoms with Gasteiger partial charge in [-0.25, -0.2) is 4.79 Å². The Morgan fingerprint density at radius 3 is 2.42 bits per heavy atom. The van der Waals surface area contributed by atoms with E-state index < -0.39 is 18.2 Å². The van der Waals surface area contributed by atoms with Crippen molar-refractivity contribution < 1.29 is 29.3 Å². The number of hydrogen-bond acceptors (Lipinski definition) is 6. The minimum absolute atomic E-state index is 0.0181. The molecular formula is C30H36N4O6. The van der Waals surface area contributed by atoms with Crippen LogP contribution in [-0.2, 0) is 17.7 Å². The summed E-state index contributed by atoms with van der Waals surface area (Å²) in [5, 5.41) is 21.2. The molecule has 4 atom stereocenters. The van der Waals surface area contributed by atoms with Crippen molar-refractivity contribution in [1.29, 1.82) is 0 Å². The third-order valence-corrected chi connectivity index (χ3v) is 8.99. The molecule has 2 fully saturated rings. The van der Waals surface area contributed by atoms with Crippen LogP contribution >= 0.6 is 0 Å². The second-order valence-electron chi connectivity index (χ2n) is 11.2. The lowest BCUT2D eigenvalue weighted by molar-refractivity contribution is -0.00716. The van der Waals surface area contributed by atoms with E-state index in [9.17, 15) is 24.6 Å². The second kappa shape index (κ2) is 10.7. The van der Waals surface area contributed by atoms with E-state index in [0.29, 0.717) is 50.4 Å². The van der Waals surface area contributed by atoms with Gasteiger partial charge < -0.3 is 29.6 Å². The van der Waals surface area contributed by atoms with Crippen molar-refractivity contribution >= 4 is 23.6 Å². The van der Waals surface area contributed by atoms with Crippen molar-refractivity contribution in [1.82, 2.24) is 14.7 Å². The zero-order valence-corrected chi connectivity index (χ0v) is 22.7. The lowest BCUT2D eigenvalue weighted by atomic mass is 9.91. The van der Waals surface area contributed by atoms with Crippen molar-refractivity contribution in [2.45, 2.75) is 57.0 Å². The molecule has 40 heavy (non-hydrogen) atoms. The molecule has 3 amide bonds. The average molecular weight is 549 g/mol. The molecule has 0 aliphatic carbocycles. The van der Waals surface area contributed by atoms with Gasteiger partial charge in [-0.05, 0) is 55.5 Å². The third kappa shape index (κ3) is 4.69. The number of ether oxygens (including phenoxy) is 1. The Bertz CT molecular complexity index is 1300. The van der Waals surface area contributed by atoms with Gasteiger partial charge in [-0.3, -0.25) is 14.5 Å². The minimum Gasteiger partial charge on any atom is -0.465 e. The molecule has 2 N–H and O–H groups in total. The zero-order valence-electron chi connectivity index (χ0n) is 22.7. The van der Waals surface area contributed by atoms with Crippen molar-refractivity contribution in [2.24, 2.45) is 0 Å². The fourth-order valence-electron chi connectivity index (χ4n) is 6.80. The van der Waals surface area contributed by atoms with E-state index in [4.69, 9.17) is 4.74 Å². The summed E-state index contributed by atoms with van der Waals surface area (Å²) in [6, 6.07) is 12.5. The number of aliphatic hydroxyl groups is 1. The maximum atomic E-state index is 13.8. The molecule has 4 heterocycles. The first-order chi connectivity index (χ1) is 19.4. The number of benzene rings is 2. The molecule has 2 saturated heterocycles. The number of carboxylic acid groups (broad SMARTS) is 1. The van der Waals surface area contributed by atoms with Gasteiger partial charge in [0.05, 0.1) is 48.7 Å². The first kappa shape index (κ1) is 26.6. The predicted molar refractivity (Wildman–Crippen MR) is 148 cm³/mol. The predicted octanol–water partition coefficient (Wildman–Crippen LogP) is 2.44. The number of likely N-dealkylation sites (N-methyl/N-ethyl adjacent to an activating group) is 1. The lowest BCUT2D eigenvalue weighted by Crippen LogP contribution is -2.54. The Morgan fingerprint density at radius 1 is 1.02 bits per heavy atom. The minimum atomic E-state index is -1.09. The van der Waals surface area contributed by atoms with E-state index in [1.54, 1.807) is 17.0 Å². The number of fused-ring (bicyclic) bond motifs is 4. The van der Waals surface area contributed by atoms with E-state index in [-0.39, 0.29) is 37.0 Å². The van der Waals surface area contributed by atoms with E-state index in [1.807, 2.05) is 42.2 Å². The highest BCUT2D eigenvalue weighted by atomic mass is 16.5. The molecule has 10 heteroatoms. The van der Waals surface area contributed by atoms with Crippen LogP contribution in [0.1, 0.15) is 51.6 Å². The van der Waals surface area contributed by atoms with Gasteiger partial charge in [0.2, 0.25) is 0 Å². The SMILES string of the molecule is CCN1CCN(C[C@@H](O)[C@@H]2Cc3ccccc3CN2C(=O)O)C(=O)c2ccc(C(=O)N3C4CCC3COC4)cc21. The summed E-state index contributed by atoms with van der Waals surface area (Å²) in [4.78, 5) is 46.3. The highest BCUT2D eigenvalue weighted by Gasteiger charge is 2.41. The monoisotopic (exact) mass is 548 g/mol. The third-order valence-electron chi connectivity index (χ3n) is 8.99. The van der Waals surface area contributed by atoms with Crippen LogP contribution in [0.2, 0.25) is 0 Å². The van der Waals surface area contributed by atoms with Crippen molar-refractivity contribution in [3.63, 3.8) is 0 Å². The number of amides is 3. The molecule has 2 aromatic carbocycles. The van der Waals surface area contributed by atoms with E-state index in [1.165, 1.54) is 4.90 Å². The molecule has 10 nitrogen and oxygen atoms in total. The van der Waals surface area contributed by atoms with Gasteiger partial charge in [-0.15, -0.1) is 0 Å². The molecule has 0 spiro atoms. The first-order valence-corrected chi connectivity index (χ1v) is 14.2. The van der Waals surface area contributed by atoms with Gasteiger partial charge >= 0.3 is 6.09 Å². The average Bonchev–Trinajstić information content (AvgIpc) is 3.14. The van der Waals surface area contributed by atoms with Crippen LogP contribution in [0.5, 0.6) is 0 Å². The summed E-state index contributed by atoms with van der Waals surface area (Å²) >= 11 is 0. The Labute approximate surface area is 233 Å². The van der Waals surface area contributed by atoms with Crippen LogP contribution in [-0.4, -0.2) is 106 Å². The van der Waals surface area contributed by atoms with Gasteiger partial charge in [0.25, 0.3) is 11.8 Å². The summed E-state index contributed by atoms with van der Waals surface area (Å²) in [5.41, 5.74) is 3.71. The molecule has 0 aromatic heterocycles. The van der Waals surface area contributed by atoms with Crippen molar-refractivity contribution in [2.75, 3.05) is 44.3 Å². The van der Waals surface area contributed by atoms with E-state index in [0.717, 1.165) is 29.7 Å². The van der Waals surface area contributed by atoms with Gasteiger partial charge in [0.15, 0.2) is 0 Å². The number of rotatable bonds is 5. The lowest BCUT2D eigenvalue weighted by Gasteiger charge is -2.39. The normalized spacial score (nSPS) is 24.9. The number of aliphatic hydroxyl groups excluding tert-OH is 1. The summed E-state index contributed by atoms with van der Waals surface area (Å²) in [6.07, 6.45) is 0.142. The number of hydrogen-bond donors (Lipinski definition) is 2. The van der Waals surface area contributed by atoms with Gasteiger partial charge in [-0.2, -0.15) is 0 Å². The Kier molecular flexibility index (Phi) is 7.14. The van der Waals surface area contributed by atoms with Crippen LogP contribution in [0.25, 0.3) is 0 Å². The highest BCUT2D eigenvalue weighted by molar-refractivity contribution is 6.03. The van der Waals surface area contributed by atoms with Crippen molar-refractivity contribution in [3.05, 3.63) is 64.7 Å². The topological polar surface area (TPSA) is 114 Å². The first-order valence-electron chi connectivity index (χ1n) is 14.2. The maximum Gasteiger partial charge on any atom is 0.407 e. The summed E-state index contributed by atoms with van der Waals surface area (Å²) in [5.74, 6) is -0.251. The number of nitrogens with zero attached hydrogens (tertiary/aromatic N) is 4. The molecule has 4 aliphatic heterocycles. The van der Waals surface area contributed by atoms with E-state index in [2.05, 4.69) is 4.90 Å². The van der Waals surface area contributed by atoms with Crippen LogP contribution in [0.15, 0.2) is 42.5 Å². The van der Waals surface area contributed by atoms with Crippen LogP contribution < -0.4 is 4.90 Å². The quantitative estimate of drug-likeness (QED) is 0.590. The molecular weight excluding hydrogens is 512 g/mol. The van der Waals surface area contributed by atoms with Crippen molar-refractivity contribution in [3.8, 4) is 0 Å². The van der Waals surface area contributed by atoms with Crippen LogP contribution in [0, 0.1) is 0 Å². The van der Waals surface area contributed by atoms with Gasteiger partial charge in [0, 0.05) is 38.3 Å². The number of morpholine rings is 1. The molecule has 6 rings (SSSR count). The fourth-order valence-corrected chi connectivity index (χ4v) is 6.80. The summed E-state index contributed by atoms with van der Waals surface area (Å²) < 4.78 is 5.64. The largest absolute Gasteiger partial charge is 0.465 e. The van der Waals surface area contributed by atoms with Gasteiger partial charge in [-0.1, -0.05) is 24.3 Å². The number of carbonyl (C=O) groups is 3. The molecule has 0 radical (unpaired) electrons. The standard InChI is InChI=1S/C30H36N4O6/c1-2-31-11-12-32(16-27(35)26-13-19-5-3-4-6-21(19)15-33(26)30(38)39)29(37)24-10-7-20(14-25(24)31)28(36)34-22-8-9-23(34)18-40-17-22/h3-7,10,14,22-23,26-27,35H,2,8-9,11-13,15-18H2,1H3,(H,38,39)/t22?,23?,26-,27+/m0/s1. The number of anilines is 1. The van der Waals surface area contributed by atoms with Gasteiger partial charge in [0.1, 0.15) is 0 Å². The Hall–Kier alpha value is -3.63. The Balaban J connectivity index is 1.23. The van der Waals surface area contributed by atoms with Crippen LogP contribution in [0.4, 0.5) is 10.5 Å². The molecule has 2 bridgehead atoms. The second-order valence-corrected chi connectivity index (χ2v) is 11.2. The van der Waals surface area contributed by atoms with Crippen LogP contribution in [0.3, 0.4) is 0 Å². The van der Waals surface area contributed by atoms with E-state index >= 15 is 0 Å². The molecule has 2 unspecified atom stereocenters. The fraction of sp³-hybridized carbons (Fsp3) is 0.500. The molecule has 4 aliphatic rings. The summed E-state index contributed by atoms with van der Waals surface area (Å²) in [7, 11) is 0. The molecule has 0 saturated carbocycles. The highest BCUT2D eigenvalue weighted by Crippen LogP contribution is 2.33. The smallest absolute Gasteiger partial charge is 0.407 e. The Morgan fingerprint density at radius 2 is 1.73 bits per heavy atom.